The van der Waals surface area contributed by atoms with Crippen molar-refractivity contribution in [3.05, 3.63) is 29.6 Å². The fraction of sp³-hybridized carbons (Fsp3) is 0.273. The van der Waals surface area contributed by atoms with Crippen LogP contribution in [0, 0.1) is 11.8 Å². The van der Waals surface area contributed by atoms with Crippen LogP contribution in [-0.2, 0) is 4.74 Å². The maximum absolute atomic E-state index is 11.3. The lowest BCUT2D eigenvalue weighted by atomic mass is 10.2. The van der Waals surface area contributed by atoms with Crippen LogP contribution in [0.5, 0.6) is 0 Å². The number of hydrogen-bond acceptors (Lipinski definition) is 4. The number of aromatic nitrogens is 1. The molecule has 1 rings (SSSR count). The summed E-state index contributed by atoms with van der Waals surface area (Å²) in [6, 6.07) is 1.63. The van der Waals surface area contributed by atoms with Gasteiger partial charge in [0, 0.05) is 18.0 Å². The highest BCUT2D eigenvalue weighted by atomic mass is 16.5. The highest BCUT2D eigenvalue weighted by molar-refractivity contribution is 5.89. The van der Waals surface area contributed by atoms with Crippen molar-refractivity contribution in [3.63, 3.8) is 0 Å². The Morgan fingerprint density at radius 2 is 2.40 bits per heavy atom. The topological polar surface area (TPSA) is 65.2 Å². The molecule has 0 aliphatic rings. The van der Waals surface area contributed by atoms with E-state index >= 15 is 0 Å². The molecule has 0 radical (unpaired) electrons. The number of carbonyl (C=O) groups excluding carboxylic acids is 1. The second kappa shape index (κ2) is 5.78. The van der Waals surface area contributed by atoms with Crippen LogP contribution in [-0.4, -0.2) is 24.1 Å². The summed E-state index contributed by atoms with van der Waals surface area (Å²) in [5.74, 6) is 5.10. The highest BCUT2D eigenvalue weighted by Gasteiger charge is 2.06. The molecule has 0 spiro atoms. The lowest BCUT2D eigenvalue weighted by Crippen LogP contribution is -2.05. The molecule has 0 saturated carbocycles. The second-order valence-electron chi connectivity index (χ2n) is 2.69. The Balaban J connectivity index is 2.87. The standard InChI is InChI=1S/C11H12N2O2/c1-2-15-11(14)10-6-9(4-3-5-12)7-13-8-10/h6-8H,2,5,12H2,1H3. The number of nitrogens with zero attached hydrogens (tertiary/aromatic N) is 1. The first-order chi connectivity index (χ1) is 7.27. The molecule has 0 fully saturated rings. The molecule has 78 valence electrons. The van der Waals surface area contributed by atoms with E-state index < -0.39 is 0 Å². The Hall–Kier alpha value is -1.86. The Labute approximate surface area is 88.5 Å². The van der Waals surface area contributed by atoms with Crippen molar-refractivity contribution >= 4 is 5.97 Å². The molecular weight excluding hydrogens is 192 g/mol. The van der Waals surface area contributed by atoms with E-state index in [0.717, 1.165) is 0 Å². The van der Waals surface area contributed by atoms with Gasteiger partial charge < -0.3 is 10.5 Å². The molecule has 15 heavy (non-hydrogen) atoms. The van der Waals surface area contributed by atoms with Gasteiger partial charge in [-0.05, 0) is 13.0 Å². The molecule has 0 bridgehead atoms. The minimum atomic E-state index is -0.388. The third-order valence-corrected chi connectivity index (χ3v) is 1.58. The molecule has 0 atom stereocenters. The normalized spacial score (nSPS) is 8.93. The summed E-state index contributed by atoms with van der Waals surface area (Å²) in [7, 11) is 0. The predicted octanol–water partition coefficient (Wildman–Crippen LogP) is 0.569. The van der Waals surface area contributed by atoms with E-state index in [1.165, 1.54) is 6.20 Å². The van der Waals surface area contributed by atoms with Crippen LogP contribution >= 0.6 is 0 Å². The molecular formula is C11H12N2O2. The summed E-state index contributed by atoms with van der Waals surface area (Å²) in [4.78, 5) is 15.2. The van der Waals surface area contributed by atoms with Gasteiger partial charge in [0.15, 0.2) is 0 Å². The van der Waals surface area contributed by atoms with Gasteiger partial charge in [0.05, 0.1) is 18.7 Å². The lowest BCUT2D eigenvalue weighted by Gasteiger charge is -2.00. The van der Waals surface area contributed by atoms with Gasteiger partial charge in [-0.3, -0.25) is 4.98 Å². The quantitative estimate of drug-likeness (QED) is 0.565. The Kier molecular flexibility index (Phi) is 4.32. The summed E-state index contributed by atoms with van der Waals surface area (Å²) in [6.07, 6.45) is 3.02. The van der Waals surface area contributed by atoms with Crippen molar-refractivity contribution in [1.82, 2.24) is 4.98 Å². The molecule has 1 heterocycles. The van der Waals surface area contributed by atoms with E-state index in [1.54, 1.807) is 19.2 Å². The van der Waals surface area contributed by atoms with Crippen LogP contribution < -0.4 is 5.73 Å². The zero-order chi connectivity index (χ0) is 11.1. The van der Waals surface area contributed by atoms with E-state index in [2.05, 4.69) is 16.8 Å². The van der Waals surface area contributed by atoms with Crippen LogP contribution in [0.2, 0.25) is 0 Å². The summed E-state index contributed by atoms with van der Waals surface area (Å²) in [6.45, 7) is 2.38. The van der Waals surface area contributed by atoms with Crippen molar-refractivity contribution < 1.29 is 9.53 Å². The van der Waals surface area contributed by atoms with E-state index in [-0.39, 0.29) is 12.5 Å². The Bertz CT molecular complexity index is 405. The fourth-order valence-corrected chi connectivity index (χ4v) is 0.987. The first-order valence-corrected chi connectivity index (χ1v) is 4.59. The first-order valence-electron chi connectivity index (χ1n) is 4.59. The van der Waals surface area contributed by atoms with Gasteiger partial charge in [-0.25, -0.2) is 4.79 Å². The lowest BCUT2D eigenvalue weighted by molar-refractivity contribution is 0.0526. The van der Waals surface area contributed by atoms with Crippen LogP contribution in [0.3, 0.4) is 0 Å². The minimum absolute atomic E-state index is 0.281. The predicted molar refractivity (Wildman–Crippen MR) is 56.1 cm³/mol. The number of ether oxygens (including phenoxy) is 1. The summed E-state index contributed by atoms with van der Waals surface area (Å²) >= 11 is 0. The summed E-state index contributed by atoms with van der Waals surface area (Å²) < 4.78 is 4.84. The fourth-order valence-electron chi connectivity index (χ4n) is 0.987. The van der Waals surface area contributed by atoms with Gasteiger partial charge in [-0.1, -0.05) is 11.8 Å². The zero-order valence-electron chi connectivity index (χ0n) is 8.49. The first kappa shape index (κ1) is 11.2. The van der Waals surface area contributed by atoms with Gasteiger partial charge in [0.25, 0.3) is 0 Å². The average Bonchev–Trinajstić information content (AvgIpc) is 2.27. The minimum Gasteiger partial charge on any atom is -0.462 e. The third-order valence-electron chi connectivity index (χ3n) is 1.58. The second-order valence-corrected chi connectivity index (χ2v) is 2.69. The van der Waals surface area contributed by atoms with Gasteiger partial charge in [0.1, 0.15) is 0 Å². The van der Waals surface area contributed by atoms with Crippen LogP contribution in [0.4, 0.5) is 0 Å². The molecule has 2 N–H and O–H groups in total. The SMILES string of the molecule is CCOC(=O)c1cncc(C#CCN)c1. The van der Waals surface area contributed by atoms with Crippen LogP contribution in [0.25, 0.3) is 0 Å². The number of rotatable bonds is 2. The number of nitrogens with two attached hydrogens (primary N) is 1. The number of pyridine rings is 1. The van der Waals surface area contributed by atoms with Gasteiger partial charge in [0.2, 0.25) is 0 Å². The van der Waals surface area contributed by atoms with Crippen molar-refractivity contribution in [2.75, 3.05) is 13.2 Å². The smallest absolute Gasteiger partial charge is 0.339 e. The van der Waals surface area contributed by atoms with Crippen molar-refractivity contribution in [2.24, 2.45) is 5.73 Å². The van der Waals surface area contributed by atoms with Crippen LogP contribution in [0.15, 0.2) is 18.5 Å². The Morgan fingerprint density at radius 3 is 3.07 bits per heavy atom. The molecule has 0 aromatic carbocycles. The highest BCUT2D eigenvalue weighted by Crippen LogP contribution is 2.03. The zero-order valence-corrected chi connectivity index (χ0v) is 8.49. The van der Waals surface area contributed by atoms with E-state index in [9.17, 15) is 4.79 Å². The molecule has 0 amide bonds. The molecule has 1 aromatic rings. The van der Waals surface area contributed by atoms with Crippen molar-refractivity contribution in [2.45, 2.75) is 6.92 Å². The van der Waals surface area contributed by atoms with Gasteiger partial charge in [-0.15, -0.1) is 0 Å². The monoisotopic (exact) mass is 204 g/mol. The van der Waals surface area contributed by atoms with Crippen molar-refractivity contribution in [1.29, 1.82) is 0 Å². The van der Waals surface area contributed by atoms with Crippen LogP contribution in [0.1, 0.15) is 22.8 Å². The molecule has 0 aliphatic carbocycles. The number of carbonyl (C=O) groups is 1. The average molecular weight is 204 g/mol. The third kappa shape index (κ3) is 3.41. The molecule has 4 nitrogen and oxygen atoms in total. The molecule has 0 saturated heterocycles. The summed E-state index contributed by atoms with van der Waals surface area (Å²) in [5, 5.41) is 0. The largest absolute Gasteiger partial charge is 0.462 e. The van der Waals surface area contributed by atoms with E-state index in [0.29, 0.717) is 17.7 Å². The van der Waals surface area contributed by atoms with E-state index in [4.69, 9.17) is 10.5 Å². The molecule has 1 aromatic heterocycles. The Morgan fingerprint density at radius 1 is 1.60 bits per heavy atom. The maximum atomic E-state index is 11.3. The number of hydrogen-bond donors (Lipinski definition) is 1. The maximum Gasteiger partial charge on any atom is 0.339 e. The molecule has 4 heteroatoms. The van der Waals surface area contributed by atoms with Crippen molar-refractivity contribution in [3.8, 4) is 11.8 Å². The van der Waals surface area contributed by atoms with Gasteiger partial charge in [-0.2, -0.15) is 0 Å². The molecule has 0 unspecified atom stereocenters. The van der Waals surface area contributed by atoms with E-state index in [1.807, 2.05) is 0 Å². The van der Waals surface area contributed by atoms with Gasteiger partial charge >= 0.3 is 5.97 Å². The molecule has 0 aliphatic heterocycles. The summed E-state index contributed by atoms with van der Waals surface area (Å²) in [5.41, 5.74) is 6.30. The number of esters is 1.